The average Bonchev–Trinajstić information content (AvgIpc) is 2.39. The molecule has 0 saturated heterocycles. The predicted octanol–water partition coefficient (Wildman–Crippen LogP) is 4.71. The molecule has 2 aromatic rings. The van der Waals surface area contributed by atoms with Crippen molar-refractivity contribution in [2.24, 2.45) is 0 Å². The monoisotopic (exact) mass is 290 g/mol. The number of nitrogens with one attached hydrogen (secondary N) is 1. The first-order valence-corrected chi connectivity index (χ1v) is 6.59. The van der Waals surface area contributed by atoms with Crippen LogP contribution in [0.3, 0.4) is 0 Å². The Morgan fingerprint density at radius 1 is 1.05 bits per heavy atom. The lowest BCUT2D eigenvalue weighted by Gasteiger charge is -2.12. The van der Waals surface area contributed by atoms with Crippen LogP contribution in [0.2, 0.25) is 10.0 Å². The van der Waals surface area contributed by atoms with E-state index in [0.29, 0.717) is 16.6 Å². The molecule has 4 heteroatoms. The zero-order chi connectivity index (χ0) is 13.7. The maximum atomic E-state index is 9.22. The summed E-state index contributed by atoms with van der Waals surface area (Å²) < 4.78 is 0. The lowest BCUT2D eigenvalue weighted by molar-refractivity contribution is 0.901. The van der Waals surface area contributed by atoms with Gasteiger partial charge in [0.2, 0.25) is 0 Å². The molecule has 0 aliphatic carbocycles. The number of hydrogen-bond acceptors (Lipinski definition) is 2. The van der Waals surface area contributed by atoms with Gasteiger partial charge >= 0.3 is 0 Å². The van der Waals surface area contributed by atoms with Crippen molar-refractivity contribution in [3.8, 4) is 6.07 Å². The van der Waals surface area contributed by atoms with Crippen LogP contribution in [-0.2, 0) is 0 Å². The van der Waals surface area contributed by atoms with E-state index in [2.05, 4.69) is 11.4 Å². The fourth-order valence-electron chi connectivity index (χ4n) is 1.80. The molecule has 0 bridgehead atoms. The molecule has 19 heavy (non-hydrogen) atoms. The number of halogens is 2. The quantitative estimate of drug-likeness (QED) is 0.885. The minimum atomic E-state index is -0.209. The number of nitrogens with zero attached hydrogens (tertiary/aromatic N) is 1. The first kappa shape index (κ1) is 13.7. The molecule has 2 aromatic carbocycles. The number of nitriles is 1. The maximum absolute atomic E-state index is 9.22. The zero-order valence-electron chi connectivity index (χ0n) is 10.1. The SMILES string of the molecule is N#CC(CNc1cc(Cl)cc(Cl)c1)c1ccccc1. The molecule has 0 saturated carbocycles. The third-order valence-electron chi connectivity index (χ3n) is 2.73. The Bertz CT molecular complexity index is 571. The predicted molar refractivity (Wildman–Crippen MR) is 79.7 cm³/mol. The van der Waals surface area contributed by atoms with Crippen molar-refractivity contribution < 1.29 is 0 Å². The summed E-state index contributed by atoms with van der Waals surface area (Å²) in [6, 6.07) is 17.2. The highest BCUT2D eigenvalue weighted by Gasteiger charge is 2.09. The molecule has 0 fully saturated rings. The van der Waals surface area contributed by atoms with E-state index in [0.717, 1.165) is 11.3 Å². The molecule has 1 atom stereocenters. The number of hydrogen-bond donors (Lipinski definition) is 1. The molecule has 2 rings (SSSR count). The second-order valence-electron chi connectivity index (χ2n) is 4.13. The Labute approximate surface area is 122 Å². The summed E-state index contributed by atoms with van der Waals surface area (Å²) in [5.41, 5.74) is 1.80. The fraction of sp³-hybridized carbons (Fsp3) is 0.133. The van der Waals surface area contributed by atoms with Gasteiger partial charge in [-0.05, 0) is 23.8 Å². The lowest BCUT2D eigenvalue weighted by atomic mass is 10.0. The molecule has 1 unspecified atom stereocenters. The normalized spacial score (nSPS) is 11.6. The van der Waals surface area contributed by atoms with Crippen LogP contribution in [0.5, 0.6) is 0 Å². The van der Waals surface area contributed by atoms with E-state index < -0.39 is 0 Å². The molecule has 0 aliphatic heterocycles. The lowest BCUT2D eigenvalue weighted by Crippen LogP contribution is -2.11. The Morgan fingerprint density at radius 3 is 2.26 bits per heavy atom. The molecule has 1 N–H and O–H groups in total. The molecule has 0 aromatic heterocycles. The molecule has 0 amide bonds. The summed E-state index contributed by atoms with van der Waals surface area (Å²) >= 11 is 11.9. The number of anilines is 1. The van der Waals surface area contributed by atoms with Crippen molar-refractivity contribution >= 4 is 28.9 Å². The molecular weight excluding hydrogens is 279 g/mol. The summed E-state index contributed by atoms with van der Waals surface area (Å²) in [6.07, 6.45) is 0. The number of benzene rings is 2. The standard InChI is InChI=1S/C15H12Cl2N2/c16-13-6-14(17)8-15(7-13)19-10-12(9-18)11-4-2-1-3-5-11/h1-8,12,19H,10H2. The molecule has 0 heterocycles. The summed E-state index contributed by atoms with van der Waals surface area (Å²) in [6.45, 7) is 0.511. The number of rotatable bonds is 4. The van der Waals surface area contributed by atoms with Crippen LogP contribution in [0.15, 0.2) is 48.5 Å². The third-order valence-corrected chi connectivity index (χ3v) is 3.17. The molecular formula is C15H12Cl2N2. The summed E-state index contributed by atoms with van der Waals surface area (Å²) in [5.74, 6) is -0.209. The van der Waals surface area contributed by atoms with Crippen molar-refractivity contribution in [1.82, 2.24) is 0 Å². The van der Waals surface area contributed by atoms with E-state index in [9.17, 15) is 5.26 Å². The van der Waals surface area contributed by atoms with Crippen LogP contribution < -0.4 is 5.32 Å². The third kappa shape index (κ3) is 3.89. The topological polar surface area (TPSA) is 35.8 Å². The minimum absolute atomic E-state index is 0.209. The summed E-state index contributed by atoms with van der Waals surface area (Å²) in [4.78, 5) is 0. The van der Waals surface area contributed by atoms with Crippen molar-refractivity contribution in [3.63, 3.8) is 0 Å². The van der Waals surface area contributed by atoms with Crippen LogP contribution in [-0.4, -0.2) is 6.54 Å². The van der Waals surface area contributed by atoms with E-state index in [1.54, 1.807) is 18.2 Å². The van der Waals surface area contributed by atoms with Gasteiger partial charge in [0.15, 0.2) is 0 Å². The Kier molecular flexibility index (Phi) is 4.68. The first-order valence-electron chi connectivity index (χ1n) is 5.83. The van der Waals surface area contributed by atoms with Crippen molar-refractivity contribution in [2.75, 3.05) is 11.9 Å². The van der Waals surface area contributed by atoms with E-state index >= 15 is 0 Å². The van der Waals surface area contributed by atoms with Gasteiger partial charge in [0.05, 0.1) is 12.0 Å². The van der Waals surface area contributed by atoms with Crippen LogP contribution in [0.4, 0.5) is 5.69 Å². The second-order valence-corrected chi connectivity index (χ2v) is 5.00. The Hall–Kier alpha value is -1.69. The minimum Gasteiger partial charge on any atom is -0.383 e. The van der Waals surface area contributed by atoms with Crippen molar-refractivity contribution in [3.05, 3.63) is 64.1 Å². The Balaban J connectivity index is 2.07. The van der Waals surface area contributed by atoms with Gasteiger partial charge in [0.25, 0.3) is 0 Å². The van der Waals surface area contributed by atoms with Gasteiger partial charge < -0.3 is 5.32 Å². The maximum Gasteiger partial charge on any atom is 0.0885 e. The van der Waals surface area contributed by atoms with E-state index in [1.807, 2.05) is 30.3 Å². The zero-order valence-corrected chi connectivity index (χ0v) is 11.6. The van der Waals surface area contributed by atoms with Gasteiger partial charge in [-0.15, -0.1) is 0 Å². The van der Waals surface area contributed by atoms with Crippen LogP contribution in [0.1, 0.15) is 11.5 Å². The molecule has 0 radical (unpaired) electrons. The smallest absolute Gasteiger partial charge is 0.0885 e. The average molecular weight is 291 g/mol. The summed E-state index contributed by atoms with van der Waals surface area (Å²) in [7, 11) is 0. The van der Waals surface area contributed by atoms with Crippen molar-refractivity contribution in [2.45, 2.75) is 5.92 Å². The highest BCUT2D eigenvalue weighted by atomic mass is 35.5. The highest BCUT2D eigenvalue weighted by Crippen LogP contribution is 2.23. The van der Waals surface area contributed by atoms with Gasteiger partial charge in [-0.1, -0.05) is 53.5 Å². The highest BCUT2D eigenvalue weighted by molar-refractivity contribution is 6.35. The van der Waals surface area contributed by atoms with Crippen LogP contribution in [0.25, 0.3) is 0 Å². The van der Waals surface area contributed by atoms with E-state index in [1.165, 1.54) is 0 Å². The molecule has 0 aliphatic rings. The van der Waals surface area contributed by atoms with Gasteiger partial charge in [0.1, 0.15) is 0 Å². The van der Waals surface area contributed by atoms with Crippen LogP contribution in [0, 0.1) is 11.3 Å². The fourth-order valence-corrected chi connectivity index (χ4v) is 2.33. The molecule has 0 spiro atoms. The summed E-state index contributed by atoms with van der Waals surface area (Å²) in [5, 5.41) is 13.6. The van der Waals surface area contributed by atoms with E-state index in [4.69, 9.17) is 23.2 Å². The largest absolute Gasteiger partial charge is 0.383 e. The van der Waals surface area contributed by atoms with Gasteiger partial charge in [0, 0.05) is 22.3 Å². The van der Waals surface area contributed by atoms with Crippen LogP contribution >= 0.6 is 23.2 Å². The van der Waals surface area contributed by atoms with Gasteiger partial charge in [-0.3, -0.25) is 0 Å². The first-order chi connectivity index (χ1) is 9.19. The van der Waals surface area contributed by atoms with Crippen molar-refractivity contribution in [1.29, 1.82) is 5.26 Å². The van der Waals surface area contributed by atoms with Gasteiger partial charge in [-0.25, -0.2) is 0 Å². The van der Waals surface area contributed by atoms with E-state index in [-0.39, 0.29) is 5.92 Å². The molecule has 96 valence electrons. The Morgan fingerprint density at radius 2 is 1.68 bits per heavy atom. The molecule has 2 nitrogen and oxygen atoms in total. The van der Waals surface area contributed by atoms with Gasteiger partial charge in [-0.2, -0.15) is 5.26 Å². The second kappa shape index (κ2) is 6.47.